The highest BCUT2D eigenvalue weighted by Gasteiger charge is 2.11. The number of nitrogens with zero attached hydrogens (tertiary/aromatic N) is 4. The minimum atomic E-state index is -0.0602. The maximum absolute atomic E-state index is 11.6. The van der Waals surface area contributed by atoms with E-state index in [1.54, 1.807) is 0 Å². The van der Waals surface area contributed by atoms with Crippen LogP contribution in [0, 0.1) is 0 Å². The molecule has 7 nitrogen and oxygen atoms in total. The van der Waals surface area contributed by atoms with Crippen LogP contribution in [-0.4, -0.2) is 45.2 Å². The van der Waals surface area contributed by atoms with Gasteiger partial charge in [-0.3, -0.25) is 4.79 Å². The largest absolute Gasteiger partial charge is 0.353 e. The smallest absolute Gasteiger partial charge is 0.241 e. The second-order valence-electron chi connectivity index (χ2n) is 5.00. The van der Waals surface area contributed by atoms with Gasteiger partial charge in [-0.15, -0.1) is 17.5 Å². The Morgan fingerprint density at radius 2 is 1.95 bits per heavy atom. The highest BCUT2D eigenvalue weighted by molar-refractivity contribution is 5.85. The van der Waals surface area contributed by atoms with Gasteiger partial charge in [-0.05, 0) is 23.3 Å². The molecule has 0 spiro atoms. The van der Waals surface area contributed by atoms with E-state index in [2.05, 4.69) is 26.2 Å². The van der Waals surface area contributed by atoms with E-state index in [4.69, 9.17) is 0 Å². The van der Waals surface area contributed by atoms with Crippen LogP contribution in [0.15, 0.2) is 6.33 Å². The van der Waals surface area contributed by atoms with Crippen molar-refractivity contribution in [1.29, 1.82) is 0 Å². The topological polar surface area (TPSA) is 84.7 Å². The average Bonchev–Trinajstić information content (AvgIpc) is 2.76. The van der Waals surface area contributed by atoms with Crippen molar-refractivity contribution in [1.82, 2.24) is 30.8 Å². The summed E-state index contributed by atoms with van der Waals surface area (Å²) in [4.78, 5) is 11.6. The molecule has 0 radical (unpaired) electrons. The van der Waals surface area contributed by atoms with Crippen LogP contribution in [0.5, 0.6) is 0 Å². The van der Waals surface area contributed by atoms with Gasteiger partial charge in [-0.25, -0.2) is 4.68 Å². The summed E-state index contributed by atoms with van der Waals surface area (Å²) in [5.41, 5.74) is 0. The van der Waals surface area contributed by atoms with Crippen LogP contribution in [0.4, 0.5) is 0 Å². The number of aromatic nitrogens is 4. The number of rotatable bonds is 6. The van der Waals surface area contributed by atoms with Gasteiger partial charge in [0.1, 0.15) is 12.9 Å². The molecule has 2 rings (SSSR count). The van der Waals surface area contributed by atoms with Gasteiger partial charge in [0.15, 0.2) is 0 Å². The van der Waals surface area contributed by atoms with E-state index in [0.717, 1.165) is 6.54 Å². The summed E-state index contributed by atoms with van der Waals surface area (Å²) in [6.07, 6.45) is 9.33. The number of carbonyl (C=O) groups is 1. The molecular weight excluding hydrogens is 280 g/mol. The molecule has 1 amide bonds. The highest BCUT2D eigenvalue weighted by atomic mass is 35.5. The maximum Gasteiger partial charge on any atom is 0.241 e. The molecule has 1 aromatic heterocycles. The van der Waals surface area contributed by atoms with Gasteiger partial charge in [-0.2, -0.15) is 0 Å². The minimum absolute atomic E-state index is 0. The molecule has 8 heteroatoms. The van der Waals surface area contributed by atoms with Crippen molar-refractivity contribution >= 4 is 18.3 Å². The molecule has 1 aromatic rings. The van der Waals surface area contributed by atoms with Crippen molar-refractivity contribution < 1.29 is 4.79 Å². The van der Waals surface area contributed by atoms with Crippen LogP contribution in [0.3, 0.4) is 0 Å². The summed E-state index contributed by atoms with van der Waals surface area (Å²) < 4.78 is 1.41. The van der Waals surface area contributed by atoms with Crippen molar-refractivity contribution in [2.45, 2.75) is 51.1 Å². The molecule has 0 aromatic carbocycles. The SMILES string of the molecule is Cl.O=C(Cn1cnnn1)NCCNC1CCCCCC1. The number of hydrogen-bond donors (Lipinski definition) is 2. The minimum Gasteiger partial charge on any atom is -0.353 e. The lowest BCUT2D eigenvalue weighted by Gasteiger charge is -2.16. The van der Waals surface area contributed by atoms with Crippen molar-refractivity contribution in [3.05, 3.63) is 6.33 Å². The van der Waals surface area contributed by atoms with Crippen molar-refractivity contribution in [2.24, 2.45) is 0 Å². The molecule has 1 aliphatic carbocycles. The van der Waals surface area contributed by atoms with Crippen LogP contribution in [-0.2, 0) is 11.3 Å². The van der Waals surface area contributed by atoms with E-state index in [1.165, 1.54) is 49.5 Å². The summed E-state index contributed by atoms with van der Waals surface area (Å²) in [5, 5.41) is 17.0. The Kier molecular flexibility index (Phi) is 8.13. The van der Waals surface area contributed by atoms with E-state index >= 15 is 0 Å². The maximum atomic E-state index is 11.6. The van der Waals surface area contributed by atoms with Gasteiger partial charge in [0.25, 0.3) is 0 Å². The summed E-state index contributed by atoms with van der Waals surface area (Å²) in [5.74, 6) is -0.0602. The highest BCUT2D eigenvalue weighted by Crippen LogP contribution is 2.16. The number of nitrogens with one attached hydrogen (secondary N) is 2. The molecule has 1 heterocycles. The number of amides is 1. The molecule has 0 bridgehead atoms. The lowest BCUT2D eigenvalue weighted by atomic mass is 10.1. The zero-order chi connectivity index (χ0) is 13.3. The fourth-order valence-electron chi connectivity index (χ4n) is 2.42. The van der Waals surface area contributed by atoms with Gasteiger partial charge >= 0.3 is 0 Å². The third-order valence-corrected chi connectivity index (χ3v) is 3.43. The standard InChI is InChI=1S/C12H22N6O.ClH/c19-12(9-18-10-15-16-17-18)14-8-7-13-11-5-3-1-2-4-6-11;/h10-11,13H,1-9H2,(H,14,19);1H. The molecule has 1 aliphatic rings. The molecule has 0 aliphatic heterocycles. The van der Waals surface area contributed by atoms with Crippen LogP contribution >= 0.6 is 12.4 Å². The van der Waals surface area contributed by atoms with Crippen molar-refractivity contribution in [3.63, 3.8) is 0 Å². The summed E-state index contributed by atoms with van der Waals surface area (Å²) in [6, 6.07) is 0.624. The second-order valence-corrected chi connectivity index (χ2v) is 5.00. The van der Waals surface area contributed by atoms with Crippen LogP contribution in [0.2, 0.25) is 0 Å². The Morgan fingerprint density at radius 1 is 1.20 bits per heavy atom. The van der Waals surface area contributed by atoms with Crippen LogP contribution < -0.4 is 10.6 Å². The molecule has 2 N–H and O–H groups in total. The Hall–Kier alpha value is -1.21. The first-order valence-corrected chi connectivity index (χ1v) is 7.05. The molecule has 0 atom stereocenters. The lowest BCUT2D eigenvalue weighted by Crippen LogP contribution is -2.38. The quantitative estimate of drug-likeness (QED) is 0.591. The number of tetrazole rings is 1. The van der Waals surface area contributed by atoms with Gasteiger partial charge in [-0.1, -0.05) is 25.7 Å². The molecule has 1 fully saturated rings. The number of hydrogen-bond acceptors (Lipinski definition) is 5. The van der Waals surface area contributed by atoms with Crippen molar-refractivity contribution in [3.8, 4) is 0 Å². The first-order valence-electron chi connectivity index (χ1n) is 7.05. The van der Waals surface area contributed by atoms with E-state index in [1.807, 2.05) is 0 Å². The summed E-state index contributed by atoms with van der Waals surface area (Å²) in [7, 11) is 0. The van der Waals surface area contributed by atoms with Crippen LogP contribution in [0.25, 0.3) is 0 Å². The molecule has 0 unspecified atom stereocenters. The zero-order valence-corrected chi connectivity index (χ0v) is 12.4. The fraction of sp³-hybridized carbons (Fsp3) is 0.833. The van der Waals surface area contributed by atoms with Gasteiger partial charge in [0.2, 0.25) is 5.91 Å². The number of carbonyl (C=O) groups excluding carboxylic acids is 1. The third kappa shape index (κ3) is 6.29. The second kappa shape index (κ2) is 9.66. The van der Waals surface area contributed by atoms with E-state index in [9.17, 15) is 4.79 Å². The molecule has 1 saturated carbocycles. The van der Waals surface area contributed by atoms with Crippen LogP contribution in [0.1, 0.15) is 38.5 Å². The Labute approximate surface area is 125 Å². The number of halogens is 1. The summed E-state index contributed by atoms with van der Waals surface area (Å²) >= 11 is 0. The predicted molar refractivity (Wildman–Crippen MR) is 77.6 cm³/mol. The summed E-state index contributed by atoms with van der Waals surface area (Å²) in [6.45, 7) is 1.65. The molecular formula is C12H23ClN6O. The first kappa shape index (κ1) is 16.8. The van der Waals surface area contributed by atoms with E-state index in [0.29, 0.717) is 12.6 Å². The Bertz CT molecular complexity index is 364. The Balaban J connectivity index is 0.00000200. The Morgan fingerprint density at radius 3 is 2.60 bits per heavy atom. The fourth-order valence-corrected chi connectivity index (χ4v) is 2.42. The monoisotopic (exact) mass is 302 g/mol. The zero-order valence-electron chi connectivity index (χ0n) is 11.6. The first-order chi connectivity index (χ1) is 9.34. The molecule has 0 saturated heterocycles. The third-order valence-electron chi connectivity index (χ3n) is 3.43. The normalized spacial score (nSPS) is 16.2. The lowest BCUT2D eigenvalue weighted by molar-refractivity contribution is -0.121. The molecule has 114 valence electrons. The molecule has 20 heavy (non-hydrogen) atoms. The van der Waals surface area contributed by atoms with E-state index < -0.39 is 0 Å². The van der Waals surface area contributed by atoms with E-state index in [-0.39, 0.29) is 24.9 Å². The van der Waals surface area contributed by atoms with Gasteiger partial charge in [0.05, 0.1) is 0 Å². The predicted octanol–water partition coefficient (Wildman–Crippen LogP) is 0.523. The van der Waals surface area contributed by atoms with Crippen molar-refractivity contribution in [2.75, 3.05) is 13.1 Å². The average molecular weight is 303 g/mol. The van der Waals surface area contributed by atoms with Gasteiger partial charge in [0, 0.05) is 19.1 Å². The van der Waals surface area contributed by atoms with Gasteiger partial charge < -0.3 is 10.6 Å².